The highest BCUT2D eigenvalue weighted by Crippen LogP contribution is 2.28. The van der Waals surface area contributed by atoms with Crippen molar-refractivity contribution in [2.45, 2.75) is 32.6 Å². The summed E-state index contributed by atoms with van der Waals surface area (Å²) in [5, 5.41) is 9.20. The van der Waals surface area contributed by atoms with Gasteiger partial charge in [-0.1, -0.05) is 11.6 Å². The van der Waals surface area contributed by atoms with Gasteiger partial charge >= 0.3 is 0 Å². The molecule has 1 aromatic rings. The lowest BCUT2D eigenvalue weighted by Gasteiger charge is -2.11. The van der Waals surface area contributed by atoms with E-state index in [2.05, 4.69) is 6.07 Å². The molecule has 0 saturated carbocycles. The van der Waals surface area contributed by atoms with Gasteiger partial charge in [0, 0.05) is 11.4 Å². The highest BCUT2D eigenvalue weighted by atomic mass is 35.5. The second-order valence-electron chi connectivity index (χ2n) is 3.78. The fourth-order valence-electron chi connectivity index (χ4n) is 1.80. The van der Waals surface area contributed by atoms with E-state index in [9.17, 15) is 0 Å². The second kappa shape index (κ2) is 6.40. The first-order chi connectivity index (χ1) is 7.69. The fraction of sp³-hybridized carbons (Fsp3) is 0.462. The quantitative estimate of drug-likeness (QED) is 0.728. The van der Waals surface area contributed by atoms with Crippen molar-refractivity contribution in [2.75, 3.05) is 7.11 Å². The van der Waals surface area contributed by atoms with E-state index in [1.807, 2.05) is 19.1 Å². The number of unbranched alkanes of at least 4 members (excludes halogenated alkanes) is 2. The van der Waals surface area contributed by atoms with Crippen LogP contribution in [0.2, 0.25) is 5.02 Å². The first kappa shape index (κ1) is 12.9. The Bertz CT molecular complexity index is 396. The Morgan fingerprint density at radius 1 is 1.38 bits per heavy atom. The number of ether oxygens (including phenoxy) is 1. The number of halogens is 1. The molecule has 0 aliphatic carbocycles. The van der Waals surface area contributed by atoms with Gasteiger partial charge in [0.2, 0.25) is 0 Å². The molecule has 0 heterocycles. The average molecular weight is 238 g/mol. The number of aryl methyl sites for hydroxylation is 2. The molecule has 86 valence electrons. The summed E-state index contributed by atoms with van der Waals surface area (Å²) in [6.45, 7) is 1.99. The number of nitriles is 1. The predicted octanol–water partition coefficient (Wildman–Crippen LogP) is 3.89. The van der Waals surface area contributed by atoms with E-state index in [0.717, 1.165) is 41.2 Å². The number of nitrogens with zero attached hydrogens (tertiary/aromatic N) is 1. The van der Waals surface area contributed by atoms with E-state index in [-0.39, 0.29) is 0 Å². The third-order valence-corrected chi connectivity index (χ3v) is 2.72. The molecule has 0 N–H and O–H groups in total. The maximum absolute atomic E-state index is 8.46. The van der Waals surface area contributed by atoms with Crippen molar-refractivity contribution in [1.29, 1.82) is 5.26 Å². The van der Waals surface area contributed by atoms with Crippen molar-refractivity contribution in [3.8, 4) is 11.8 Å². The van der Waals surface area contributed by atoms with Crippen molar-refractivity contribution in [2.24, 2.45) is 0 Å². The lowest BCUT2D eigenvalue weighted by atomic mass is 10.0. The maximum Gasteiger partial charge on any atom is 0.125 e. The molecule has 0 radical (unpaired) electrons. The van der Waals surface area contributed by atoms with Gasteiger partial charge in [0.25, 0.3) is 0 Å². The number of benzene rings is 1. The molecule has 0 aliphatic heterocycles. The van der Waals surface area contributed by atoms with Gasteiger partial charge in [-0.2, -0.15) is 5.26 Å². The molecular weight excluding hydrogens is 222 g/mol. The van der Waals surface area contributed by atoms with E-state index < -0.39 is 0 Å². The number of rotatable bonds is 5. The van der Waals surface area contributed by atoms with Crippen LogP contribution in [0, 0.1) is 18.3 Å². The van der Waals surface area contributed by atoms with Crippen LogP contribution in [-0.2, 0) is 6.42 Å². The van der Waals surface area contributed by atoms with Crippen LogP contribution in [0.15, 0.2) is 12.1 Å². The standard InChI is InChI=1S/C13H16ClNO/c1-10-8-12(14)9-11(13(10)16-2)6-4-3-5-7-15/h8-9H,3-6H2,1-2H3. The van der Waals surface area contributed by atoms with E-state index in [1.54, 1.807) is 7.11 Å². The van der Waals surface area contributed by atoms with Crippen LogP contribution >= 0.6 is 11.6 Å². The number of hydrogen-bond acceptors (Lipinski definition) is 2. The molecule has 0 amide bonds. The van der Waals surface area contributed by atoms with Crippen LogP contribution in [0.5, 0.6) is 5.75 Å². The molecule has 0 unspecified atom stereocenters. The lowest BCUT2D eigenvalue weighted by molar-refractivity contribution is 0.406. The third-order valence-electron chi connectivity index (χ3n) is 2.51. The molecule has 0 atom stereocenters. The molecule has 16 heavy (non-hydrogen) atoms. The first-order valence-corrected chi connectivity index (χ1v) is 5.76. The van der Waals surface area contributed by atoms with Crippen LogP contribution in [0.1, 0.15) is 30.4 Å². The zero-order valence-corrected chi connectivity index (χ0v) is 10.5. The largest absolute Gasteiger partial charge is 0.496 e. The van der Waals surface area contributed by atoms with Gasteiger partial charge in [0.15, 0.2) is 0 Å². The number of hydrogen-bond donors (Lipinski definition) is 0. The van der Waals surface area contributed by atoms with Gasteiger partial charge in [-0.25, -0.2) is 0 Å². The molecule has 0 bridgehead atoms. The molecule has 3 heteroatoms. The van der Waals surface area contributed by atoms with Gasteiger partial charge in [0.05, 0.1) is 13.2 Å². The monoisotopic (exact) mass is 237 g/mol. The van der Waals surface area contributed by atoms with E-state index in [4.69, 9.17) is 21.6 Å². The van der Waals surface area contributed by atoms with Crippen molar-refractivity contribution in [3.63, 3.8) is 0 Å². The molecule has 0 aromatic heterocycles. The average Bonchev–Trinajstić information content (AvgIpc) is 2.24. The van der Waals surface area contributed by atoms with E-state index in [1.165, 1.54) is 0 Å². The van der Waals surface area contributed by atoms with Gasteiger partial charge in [-0.3, -0.25) is 0 Å². The third kappa shape index (κ3) is 3.43. The molecule has 0 saturated heterocycles. The van der Waals surface area contributed by atoms with Crippen LogP contribution in [0.25, 0.3) is 0 Å². The Balaban J connectivity index is 2.74. The molecule has 2 nitrogen and oxygen atoms in total. The van der Waals surface area contributed by atoms with Gasteiger partial charge in [-0.05, 0) is 49.4 Å². The van der Waals surface area contributed by atoms with Gasteiger partial charge in [-0.15, -0.1) is 0 Å². The Labute approximate surface area is 102 Å². The molecule has 0 fully saturated rings. The summed E-state index contributed by atoms with van der Waals surface area (Å²) >= 11 is 6.01. The SMILES string of the molecule is COc1c(C)cc(Cl)cc1CCCCC#N. The van der Waals surface area contributed by atoms with Crippen LogP contribution in [0.3, 0.4) is 0 Å². The Morgan fingerprint density at radius 3 is 2.75 bits per heavy atom. The molecule has 1 aromatic carbocycles. The zero-order valence-electron chi connectivity index (χ0n) is 9.72. The fourth-order valence-corrected chi connectivity index (χ4v) is 2.09. The normalized spacial score (nSPS) is 9.88. The first-order valence-electron chi connectivity index (χ1n) is 5.39. The minimum Gasteiger partial charge on any atom is -0.496 e. The van der Waals surface area contributed by atoms with Crippen LogP contribution in [0.4, 0.5) is 0 Å². The highest BCUT2D eigenvalue weighted by molar-refractivity contribution is 6.30. The summed E-state index contributed by atoms with van der Waals surface area (Å²) in [5.74, 6) is 0.918. The molecular formula is C13H16ClNO. The summed E-state index contributed by atoms with van der Waals surface area (Å²) < 4.78 is 5.36. The molecule has 0 spiro atoms. The maximum atomic E-state index is 8.46. The van der Waals surface area contributed by atoms with E-state index >= 15 is 0 Å². The Hall–Kier alpha value is -1.20. The zero-order chi connectivity index (χ0) is 12.0. The minimum absolute atomic E-state index is 0.613. The molecule has 0 aliphatic rings. The Kier molecular flexibility index (Phi) is 5.14. The summed E-state index contributed by atoms with van der Waals surface area (Å²) in [4.78, 5) is 0. The van der Waals surface area contributed by atoms with Crippen molar-refractivity contribution < 1.29 is 4.74 Å². The summed E-state index contributed by atoms with van der Waals surface area (Å²) in [6.07, 6.45) is 3.43. The lowest BCUT2D eigenvalue weighted by Crippen LogP contribution is -1.95. The van der Waals surface area contributed by atoms with Crippen molar-refractivity contribution in [1.82, 2.24) is 0 Å². The highest BCUT2D eigenvalue weighted by Gasteiger charge is 2.07. The van der Waals surface area contributed by atoms with Crippen LogP contribution in [-0.4, -0.2) is 7.11 Å². The summed E-state index contributed by atoms with van der Waals surface area (Å²) in [7, 11) is 1.68. The second-order valence-corrected chi connectivity index (χ2v) is 4.22. The molecule has 1 rings (SSSR count). The smallest absolute Gasteiger partial charge is 0.125 e. The topological polar surface area (TPSA) is 33.0 Å². The summed E-state index contributed by atoms with van der Waals surface area (Å²) in [6, 6.07) is 5.99. The van der Waals surface area contributed by atoms with Gasteiger partial charge in [0.1, 0.15) is 5.75 Å². The minimum atomic E-state index is 0.613. The van der Waals surface area contributed by atoms with Gasteiger partial charge < -0.3 is 4.74 Å². The van der Waals surface area contributed by atoms with Crippen LogP contribution < -0.4 is 4.74 Å². The number of methoxy groups -OCH3 is 1. The van der Waals surface area contributed by atoms with Crippen molar-refractivity contribution >= 4 is 11.6 Å². The van der Waals surface area contributed by atoms with Crippen molar-refractivity contribution in [3.05, 3.63) is 28.3 Å². The predicted molar refractivity (Wildman–Crippen MR) is 65.9 cm³/mol. The van der Waals surface area contributed by atoms with E-state index in [0.29, 0.717) is 6.42 Å². The summed E-state index contributed by atoms with van der Waals surface area (Å²) in [5.41, 5.74) is 2.19. The Morgan fingerprint density at radius 2 is 2.12 bits per heavy atom.